The number of thiocarbonyl (C=S) groups is 1. The number of ether oxygens (including phenoxy) is 1. The molecule has 1 fully saturated rings. The molecule has 2 N–H and O–H groups in total. The molecule has 1 rings (SSSR count). The van der Waals surface area contributed by atoms with E-state index in [0.717, 1.165) is 5.11 Å². The van der Waals surface area contributed by atoms with E-state index >= 15 is 0 Å². The third-order valence-electron chi connectivity index (χ3n) is 2.73. The van der Waals surface area contributed by atoms with Crippen LogP contribution in [0.2, 0.25) is 0 Å². The standard InChI is InChI=1S/C11H22N2OS/c1-9(8-14-2)12-11(15)13-10-6-4-3-5-7-10/h9-10H,3-8H2,1-2H3,(H2,12,13,15)/t9-/m1/s1. The zero-order valence-electron chi connectivity index (χ0n) is 9.71. The van der Waals surface area contributed by atoms with Gasteiger partial charge in [-0.15, -0.1) is 0 Å². The predicted octanol–water partition coefficient (Wildman–Crippen LogP) is 1.82. The van der Waals surface area contributed by atoms with E-state index < -0.39 is 0 Å². The van der Waals surface area contributed by atoms with E-state index in [1.807, 2.05) is 0 Å². The Morgan fingerprint density at radius 1 is 1.40 bits per heavy atom. The molecule has 3 nitrogen and oxygen atoms in total. The van der Waals surface area contributed by atoms with Crippen LogP contribution in [0.25, 0.3) is 0 Å². The van der Waals surface area contributed by atoms with Gasteiger partial charge in [0.2, 0.25) is 0 Å². The summed E-state index contributed by atoms with van der Waals surface area (Å²) in [6.45, 7) is 2.75. The first-order valence-corrected chi connectivity index (χ1v) is 6.19. The lowest BCUT2D eigenvalue weighted by molar-refractivity contribution is 0.179. The summed E-state index contributed by atoms with van der Waals surface area (Å²) in [5.74, 6) is 0. The molecule has 0 amide bonds. The van der Waals surface area contributed by atoms with Crippen molar-refractivity contribution in [2.45, 2.75) is 51.1 Å². The van der Waals surface area contributed by atoms with Crippen LogP contribution in [0.5, 0.6) is 0 Å². The molecule has 0 aliphatic heterocycles. The monoisotopic (exact) mass is 230 g/mol. The van der Waals surface area contributed by atoms with Crippen LogP contribution in [0.4, 0.5) is 0 Å². The van der Waals surface area contributed by atoms with Gasteiger partial charge in [-0.2, -0.15) is 0 Å². The molecule has 1 atom stereocenters. The number of hydrogen-bond donors (Lipinski definition) is 2. The summed E-state index contributed by atoms with van der Waals surface area (Å²) in [5, 5.41) is 7.37. The largest absolute Gasteiger partial charge is 0.383 e. The summed E-state index contributed by atoms with van der Waals surface area (Å²) < 4.78 is 5.04. The van der Waals surface area contributed by atoms with E-state index in [2.05, 4.69) is 17.6 Å². The highest BCUT2D eigenvalue weighted by Crippen LogP contribution is 2.17. The maximum atomic E-state index is 5.25. The summed E-state index contributed by atoms with van der Waals surface area (Å²) in [6, 6.07) is 0.854. The van der Waals surface area contributed by atoms with Gasteiger partial charge in [-0.3, -0.25) is 0 Å². The van der Waals surface area contributed by atoms with Crippen molar-refractivity contribution >= 4 is 17.3 Å². The molecule has 88 valence electrons. The van der Waals surface area contributed by atoms with Crippen molar-refractivity contribution in [3.8, 4) is 0 Å². The molecule has 15 heavy (non-hydrogen) atoms. The number of hydrogen-bond acceptors (Lipinski definition) is 2. The van der Waals surface area contributed by atoms with Gasteiger partial charge in [0, 0.05) is 19.2 Å². The van der Waals surface area contributed by atoms with Gasteiger partial charge >= 0.3 is 0 Å². The lowest BCUT2D eigenvalue weighted by Crippen LogP contribution is -2.46. The van der Waals surface area contributed by atoms with Gasteiger partial charge in [-0.25, -0.2) is 0 Å². The molecule has 0 aromatic heterocycles. The van der Waals surface area contributed by atoms with Gasteiger partial charge in [0.1, 0.15) is 0 Å². The summed E-state index contributed by atoms with van der Waals surface area (Å²) in [6.07, 6.45) is 6.53. The van der Waals surface area contributed by atoms with E-state index in [9.17, 15) is 0 Å². The fourth-order valence-corrected chi connectivity index (χ4v) is 2.36. The number of nitrogens with one attached hydrogen (secondary N) is 2. The molecule has 4 heteroatoms. The molecule has 0 radical (unpaired) electrons. The highest BCUT2D eigenvalue weighted by molar-refractivity contribution is 7.80. The summed E-state index contributed by atoms with van der Waals surface area (Å²) in [5.41, 5.74) is 0. The number of rotatable bonds is 4. The lowest BCUT2D eigenvalue weighted by atomic mass is 9.96. The highest BCUT2D eigenvalue weighted by atomic mass is 32.1. The van der Waals surface area contributed by atoms with Gasteiger partial charge < -0.3 is 15.4 Å². The van der Waals surface area contributed by atoms with Crippen LogP contribution in [-0.4, -0.2) is 30.9 Å². The van der Waals surface area contributed by atoms with Gasteiger partial charge in [0.25, 0.3) is 0 Å². The van der Waals surface area contributed by atoms with E-state index in [-0.39, 0.29) is 6.04 Å². The van der Waals surface area contributed by atoms with Crippen molar-refractivity contribution < 1.29 is 4.74 Å². The van der Waals surface area contributed by atoms with Crippen LogP contribution in [0.3, 0.4) is 0 Å². The summed E-state index contributed by atoms with van der Waals surface area (Å²) in [4.78, 5) is 0. The third-order valence-corrected chi connectivity index (χ3v) is 2.97. The second-order valence-electron chi connectivity index (χ2n) is 4.31. The Morgan fingerprint density at radius 3 is 2.67 bits per heavy atom. The van der Waals surface area contributed by atoms with Crippen molar-refractivity contribution in [1.82, 2.24) is 10.6 Å². The van der Waals surface area contributed by atoms with Crippen LogP contribution in [0.1, 0.15) is 39.0 Å². The van der Waals surface area contributed by atoms with Crippen LogP contribution >= 0.6 is 12.2 Å². The van der Waals surface area contributed by atoms with E-state index in [0.29, 0.717) is 12.6 Å². The molecule has 0 aromatic carbocycles. The maximum absolute atomic E-state index is 5.25. The van der Waals surface area contributed by atoms with E-state index in [1.54, 1.807) is 7.11 Å². The fourth-order valence-electron chi connectivity index (χ4n) is 1.99. The van der Waals surface area contributed by atoms with E-state index in [4.69, 9.17) is 17.0 Å². The first kappa shape index (κ1) is 12.7. The Balaban J connectivity index is 2.16. The average Bonchev–Trinajstić information content (AvgIpc) is 2.19. The van der Waals surface area contributed by atoms with Crippen molar-refractivity contribution in [3.63, 3.8) is 0 Å². The zero-order chi connectivity index (χ0) is 11.1. The van der Waals surface area contributed by atoms with Gasteiger partial charge in [-0.05, 0) is 32.0 Å². The minimum absolute atomic E-state index is 0.276. The van der Waals surface area contributed by atoms with Gasteiger partial charge in [-0.1, -0.05) is 19.3 Å². The van der Waals surface area contributed by atoms with Crippen LogP contribution in [-0.2, 0) is 4.74 Å². The van der Waals surface area contributed by atoms with Crippen LogP contribution in [0.15, 0.2) is 0 Å². The molecule has 0 aromatic rings. The van der Waals surface area contributed by atoms with Gasteiger partial charge in [0.05, 0.1) is 6.61 Å². The Hall–Kier alpha value is -0.350. The SMILES string of the molecule is COC[C@@H](C)NC(=S)NC1CCCCC1. The Labute approximate surface area is 98.0 Å². The molecule has 1 aliphatic rings. The molecule has 0 spiro atoms. The molecule has 0 bridgehead atoms. The second kappa shape index (κ2) is 7.01. The molecule has 1 saturated carbocycles. The van der Waals surface area contributed by atoms with Gasteiger partial charge in [0.15, 0.2) is 5.11 Å². The topological polar surface area (TPSA) is 33.3 Å². The molecule has 0 heterocycles. The van der Waals surface area contributed by atoms with Crippen LogP contribution < -0.4 is 10.6 Å². The minimum Gasteiger partial charge on any atom is -0.383 e. The fraction of sp³-hybridized carbons (Fsp3) is 0.909. The molecule has 0 unspecified atom stereocenters. The number of methoxy groups -OCH3 is 1. The third kappa shape index (κ3) is 5.33. The highest BCUT2D eigenvalue weighted by Gasteiger charge is 2.14. The lowest BCUT2D eigenvalue weighted by Gasteiger charge is -2.25. The molecule has 1 aliphatic carbocycles. The van der Waals surface area contributed by atoms with Crippen LogP contribution in [0, 0.1) is 0 Å². The summed E-state index contributed by atoms with van der Waals surface area (Å²) >= 11 is 5.25. The molecular weight excluding hydrogens is 208 g/mol. The first-order chi connectivity index (χ1) is 7.22. The molecule has 0 saturated heterocycles. The maximum Gasteiger partial charge on any atom is 0.166 e. The minimum atomic E-state index is 0.276. The Kier molecular flexibility index (Phi) is 5.95. The Bertz CT molecular complexity index is 193. The van der Waals surface area contributed by atoms with Crippen molar-refractivity contribution in [2.24, 2.45) is 0 Å². The van der Waals surface area contributed by atoms with Crippen molar-refractivity contribution in [3.05, 3.63) is 0 Å². The van der Waals surface area contributed by atoms with Crippen molar-refractivity contribution in [2.75, 3.05) is 13.7 Å². The summed E-state index contributed by atoms with van der Waals surface area (Å²) in [7, 11) is 1.70. The zero-order valence-corrected chi connectivity index (χ0v) is 10.5. The molecular formula is C11H22N2OS. The van der Waals surface area contributed by atoms with E-state index in [1.165, 1.54) is 32.1 Å². The quantitative estimate of drug-likeness (QED) is 0.722. The van der Waals surface area contributed by atoms with Crippen molar-refractivity contribution in [1.29, 1.82) is 0 Å². The second-order valence-corrected chi connectivity index (χ2v) is 4.72. The Morgan fingerprint density at radius 2 is 2.07 bits per heavy atom. The first-order valence-electron chi connectivity index (χ1n) is 5.78. The normalized spacial score (nSPS) is 19.6. The average molecular weight is 230 g/mol. The smallest absolute Gasteiger partial charge is 0.166 e. The predicted molar refractivity (Wildman–Crippen MR) is 67.1 cm³/mol.